The van der Waals surface area contributed by atoms with E-state index in [0.29, 0.717) is 21.9 Å². The SMILES string of the molecule is CC(C)Cn1c(=O)c(C(=O)Nc2cccc(F)c2)c(O)c2c(Br)cccc21. The zero-order valence-electron chi connectivity index (χ0n) is 14.8. The lowest BCUT2D eigenvalue weighted by Crippen LogP contribution is -2.31. The molecule has 0 saturated heterocycles. The highest BCUT2D eigenvalue weighted by Gasteiger charge is 2.24. The lowest BCUT2D eigenvalue weighted by Gasteiger charge is -2.17. The Kier molecular flexibility index (Phi) is 5.32. The minimum absolute atomic E-state index is 0.147. The Morgan fingerprint density at radius 3 is 2.63 bits per heavy atom. The number of fused-ring (bicyclic) bond motifs is 1. The molecule has 0 fully saturated rings. The molecule has 0 bridgehead atoms. The zero-order chi connectivity index (χ0) is 19.7. The third-order valence-corrected chi connectivity index (χ3v) is 4.73. The number of nitrogens with zero attached hydrogens (tertiary/aromatic N) is 1. The van der Waals surface area contributed by atoms with Crippen LogP contribution in [0.5, 0.6) is 5.75 Å². The fourth-order valence-corrected chi connectivity index (χ4v) is 3.50. The number of carbonyl (C=O) groups excluding carboxylic acids is 1. The van der Waals surface area contributed by atoms with Crippen LogP contribution in [0.15, 0.2) is 51.7 Å². The lowest BCUT2D eigenvalue weighted by atomic mass is 10.1. The first kappa shape index (κ1) is 19.1. The third-order valence-electron chi connectivity index (χ3n) is 4.07. The van der Waals surface area contributed by atoms with E-state index in [1.807, 2.05) is 13.8 Å². The first-order valence-electron chi connectivity index (χ1n) is 8.40. The van der Waals surface area contributed by atoms with Crippen molar-refractivity contribution >= 4 is 38.4 Å². The van der Waals surface area contributed by atoms with Crippen LogP contribution in [0, 0.1) is 11.7 Å². The molecule has 0 aliphatic heterocycles. The Labute approximate surface area is 163 Å². The van der Waals surface area contributed by atoms with Crippen LogP contribution < -0.4 is 10.9 Å². The van der Waals surface area contributed by atoms with Crippen LogP contribution in [0.3, 0.4) is 0 Å². The zero-order valence-corrected chi connectivity index (χ0v) is 16.4. The quantitative estimate of drug-likeness (QED) is 0.636. The summed E-state index contributed by atoms with van der Waals surface area (Å²) in [7, 11) is 0. The highest BCUT2D eigenvalue weighted by atomic mass is 79.9. The number of pyridine rings is 1. The fraction of sp³-hybridized carbons (Fsp3) is 0.200. The predicted octanol–water partition coefficient (Wildman–Crippen LogP) is 4.52. The molecule has 7 heteroatoms. The summed E-state index contributed by atoms with van der Waals surface area (Å²) in [4.78, 5) is 25.7. The molecule has 1 heterocycles. The summed E-state index contributed by atoms with van der Waals surface area (Å²) < 4.78 is 15.4. The van der Waals surface area contributed by atoms with Crippen molar-refractivity contribution in [3.8, 4) is 5.75 Å². The molecule has 1 amide bonds. The third kappa shape index (κ3) is 3.73. The van der Waals surface area contributed by atoms with Crippen LogP contribution in [-0.4, -0.2) is 15.6 Å². The average molecular weight is 433 g/mol. The van der Waals surface area contributed by atoms with Gasteiger partial charge in [0.05, 0.1) is 10.9 Å². The molecule has 1 aromatic heterocycles. The van der Waals surface area contributed by atoms with Gasteiger partial charge in [-0.2, -0.15) is 0 Å². The molecule has 0 atom stereocenters. The smallest absolute Gasteiger partial charge is 0.267 e. The molecule has 2 N–H and O–H groups in total. The van der Waals surface area contributed by atoms with Crippen molar-refractivity contribution in [3.63, 3.8) is 0 Å². The van der Waals surface area contributed by atoms with Gasteiger partial charge in [-0.15, -0.1) is 0 Å². The van der Waals surface area contributed by atoms with Crippen molar-refractivity contribution in [3.05, 3.63) is 68.7 Å². The molecule has 0 aliphatic rings. The van der Waals surface area contributed by atoms with Crippen molar-refractivity contribution in [2.45, 2.75) is 20.4 Å². The van der Waals surface area contributed by atoms with E-state index in [1.54, 1.807) is 18.2 Å². The van der Waals surface area contributed by atoms with E-state index in [2.05, 4.69) is 21.2 Å². The van der Waals surface area contributed by atoms with Crippen LogP contribution in [0.4, 0.5) is 10.1 Å². The average Bonchev–Trinajstić information content (AvgIpc) is 2.58. The van der Waals surface area contributed by atoms with Gasteiger partial charge in [0.25, 0.3) is 11.5 Å². The van der Waals surface area contributed by atoms with E-state index in [0.717, 1.165) is 6.07 Å². The van der Waals surface area contributed by atoms with Gasteiger partial charge in [-0.1, -0.05) is 26.0 Å². The van der Waals surface area contributed by atoms with Crippen molar-refractivity contribution in [1.82, 2.24) is 4.57 Å². The Bertz CT molecular complexity index is 1090. The Balaban J connectivity index is 2.21. The number of nitrogens with one attached hydrogen (secondary N) is 1. The summed E-state index contributed by atoms with van der Waals surface area (Å²) in [6.07, 6.45) is 0. The summed E-state index contributed by atoms with van der Waals surface area (Å²) in [5, 5.41) is 13.5. The number of carbonyl (C=O) groups is 1. The molecule has 0 spiro atoms. The highest BCUT2D eigenvalue weighted by Crippen LogP contribution is 2.33. The van der Waals surface area contributed by atoms with Crippen molar-refractivity contribution in [2.24, 2.45) is 5.92 Å². The van der Waals surface area contributed by atoms with Crippen molar-refractivity contribution < 1.29 is 14.3 Å². The van der Waals surface area contributed by atoms with Gasteiger partial charge < -0.3 is 15.0 Å². The highest BCUT2D eigenvalue weighted by molar-refractivity contribution is 9.10. The van der Waals surface area contributed by atoms with Crippen LogP contribution in [0.25, 0.3) is 10.9 Å². The molecule has 5 nitrogen and oxygen atoms in total. The molecule has 2 aromatic carbocycles. The molecule has 3 aromatic rings. The van der Waals surface area contributed by atoms with Gasteiger partial charge in [-0.3, -0.25) is 9.59 Å². The number of benzene rings is 2. The van der Waals surface area contributed by atoms with Gasteiger partial charge in [0, 0.05) is 16.7 Å². The van der Waals surface area contributed by atoms with Crippen molar-refractivity contribution in [1.29, 1.82) is 0 Å². The molecule has 140 valence electrons. The monoisotopic (exact) mass is 432 g/mol. The Morgan fingerprint density at radius 2 is 1.96 bits per heavy atom. The van der Waals surface area contributed by atoms with E-state index < -0.39 is 23.0 Å². The Hall–Kier alpha value is -2.67. The van der Waals surface area contributed by atoms with Gasteiger partial charge in [0.15, 0.2) is 0 Å². The van der Waals surface area contributed by atoms with E-state index in [4.69, 9.17) is 0 Å². The minimum atomic E-state index is -0.793. The van der Waals surface area contributed by atoms with Crippen molar-refractivity contribution in [2.75, 3.05) is 5.32 Å². The number of anilines is 1. The number of hydrogen-bond donors (Lipinski definition) is 2. The topological polar surface area (TPSA) is 71.3 Å². The second-order valence-electron chi connectivity index (χ2n) is 6.63. The second kappa shape index (κ2) is 7.52. The van der Waals surface area contributed by atoms with E-state index in [9.17, 15) is 19.1 Å². The molecule has 3 rings (SSSR count). The van der Waals surface area contributed by atoms with Gasteiger partial charge in [0.1, 0.15) is 17.1 Å². The number of aromatic nitrogens is 1. The minimum Gasteiger partial charge on any atom is -0.506 e. The molecule has 27 heavy (non-hydrogen) atoms. The molecule has 0 saturated carbocycles. The maximum absolute atomic E-state index is 13.4. The van der Waals surface area contributed by atoms with Gasteiger partial charge in [0.2, 0.25) is 0 Å². The fourth-order valence-electron chi connectivity index (χ4n) is 2.95. The van der Waals surface area contributed by atoms with Crippen LogP contribution in [0.2, 0.25) is 0 Å². The first-order valence-corrected chi connectivity index (χ1v) is 9.19. The van der Waals surface area contributed by atoms with E-state index >= 15 is 0 Å². The maximum Gasteiger partial charge on any atom is 0.267 e. The molecule has 0 aliphatic carbocycles. The summed E-state index contributed by atoms with van der Waals surface area (Å²) in [5.41, 5.74) is -0.246. The van der Waals surface area contributed by atoms with Crippen LogP contribution in [-0.2, 0) is 6.54 Å². The number of aromatic hydroxyl groups is 1. The van der Waals surface area contributed by atoms with E-state index in [1.165, 1.54) is 22.8 Å². The van der Waals surface area contributed by atoms with Gasteiger partial charge >= 0.3 is 0 Å². The number of halogens is 2. The molecular weight excluding hydrogens is 415 g/mol. The Morgan fingerprint density at radius 1 is 1.26 bits per heavy atom. The standard InChI is InChI=1S/C20H18BrFN2O3/c1-11(2)10-24-15-8-4-7-14(21)16(15)18(25)17(20(24)27)19(26)23-13-6-3-5-12(22)9-13/h3-9,11,25H,10H2,1-2H3,(H,23,26). The summed E-state index contributed by atoms with van der Waals surface area (Å²) >= 11 is 3.38. The lowest BCUT2D eigenvalue weighted by molar-refractivity contribution is 0.102. The molecule has 0 radical (unpaired) electrons. The molecular formula is C20H18BrFN2O3. The summed E-state index contributed by atoms with van der Waals surface area (Å²) in [6, 6.07) is 10.5. The summed E-state index contributed by atoms with van der Waals surface area (Å²) in [6.45, 7) is 4.29. The number of hydrogen-bond acceptors (Lipinski definition) is 3. The number of amides is 1. The predicted molar refractivity (Wildman–Crippen MR) is 107 cm³/mol. The van der Waals surface area contributed by atoms with Crippen LogP contribution in [0.1, 0.15) is 24.2 Å². The molecule has 0 unspecified atom stereocenters. The van der Waals surface area contributed by atoms with Gasteiger partial charge in [-0.25, -0.2) is 4.39 Å². The maximum atomic E-state index is 13.4. The number of rotatable bonds is 4. The second-order valence-corrected chi connectivity index (χ2v) is 7.49. The van der Waals surface area contributed by atoms with E-state index in [-0.39, 0.29) is 17.2 Å². The largest absolute Gasteiger partial charge is 0.506 e. The van der Waals surface area contributed by atoms with Gasteiger partial charge in [-0.05, 0) is 52.2 Å². The summed E-state index contributed by atoms with van der Waals surface area (Å²) in [5.74, 6) is -1.57. The first-order chi connectivity index (χ1) is 12.8. The normalized spacial score (nSPS) is 11.1. The van der Waals surface area contributed by atoms with Crippen LogP contribution >= 0.6 is 15.9 Å².